The van der Waals surface area contributed by atoms with E-state index in [1.165, 1.54) is 18.4 Å². The molecule has 0 heterocycles. The largest absolute Gasteiger partial charge is 0.313 e. The molecule has 0 aromatic carbocycles. The summed E-state index contributed by atoms with van der Waals surface area (Å²) >= 11 is 0. The van der Waals surface area contributed by atoms with Crippen LogP contribution in [-0.2, 0) is 0 Å². The van der Waals surface area contributed by atoms with E-state index in [9.17, 15) is 0 Å². The Kier molecular flexibility index (Phi) is 2.86. The van der Waals surface area contributed by atoms with Crippen molar-refractivity contribution in [1.29, 1.82) is 5.41 Å². The molecule has 11 heavy (non-hydrogen) atoms. The highest BCUT2D eigenvalue weighted by molar-refractivity contribution is 5.53. The van der Waals surface area contributed by atoms with Gasteiger partial charge in [-0.1, -0.05) is 18.6 Å². The minimum atomic E-state index is 0.730. The van der Waals surface area contributed by atoms with Gasteiger partial charge in [0.15, 0.2) is 0 Å². The van der Waals surface area contributed by atoms with Gasteiger partial charge in [-0.3, -0.25) is 0 Å². The van der Waals surface area contributed by atoms with E-state index in [1.807, 2.05) is 0 Å². The van der Waals surface area contributed by atoms with Crippen LogP contribution in [-0.4, -0.2) is 6.21 Å². The lowest BCUT2D eigenvalue weighted by atomic mass is 9.82. The number of rotatable bonds is 2. The first kappa shape index (κ1) is 8.51. The van der Waals surface area contributed by atoms with E-state index in [-0.39, 0.29) is 0 Å². The molecule has 1 heteroatoms. The van der Waals surface area contributed by atoms with Gasteiger partial charge in [-0.05, 0) is 44.2 Å². The average molecular weight is 151 g/mol. The van der Waals surface area contributed by atoms with Crippen LogP contribution in [0.15, 0.2) is 11.6 Å². The van der Waals surface area contributed by atoms with Crippen molar-refractivity contribution in [3.05, 3.63) is 11.6 Å². The summed E-state index contributed by atoms with van der Waals surface area (Å²) in [6, 6.07) is 0. The van der Waals surface area contributed by atoms with Crippen LogP contribution in [0.25, 0.3) is 0 Å². The molecule has 2 unspecified atom stereocenters. The topological polar surface area (TPSA) is 23.9 Å². The first-order valence-electron chi connectivity index (χ1n) is 4.38. The van der Waals surface area contributed by atoms with E-state index in [4.69, 9.17) is 5.41 Å². The molecule has 0 aliphatic heterocycles. The summed E-state index contributed by atoms with van der Waals surface area (Å²) in [5.74, 6) is 1.47. The molecule has 0 aromatic heterocycles. The van der Waals surface area contributed by atoms with E-state index in [1.54, 1.807) is 6.21 Å². The highest BCUT2D eigenvalue weighted by Gasteiger charge is 2.16. The molecule has 1 aliphatic carbocycles. The maximum absolute atomic E-state index is 7.03. The van der Waals surface area contributed by atoms with Gasteiger partial charge in [-0.25, -0.2) is 0 Å². The summed E-state index contributed by atoms with van der Waals surface area (Å²) < 4.78 is 0. The normalized spacial score (nSPS) is 31.3. The predicted molar refractivity (Wildman–Crippen MR) is 49.0 cm³/mol. The summed E-state index contributed by atoms with van der Waals surface area (Å²) in [7, 11) is 0. The quantitative estimate of drug-likeness (QED) is 0.463. The monoisotopic (exact) mass is 151 g/mol. The Hall–Kier alpha value is -0.590. The maximum Gasteiger partial charge on any atom is -0.00449 e. The van der Waals surface area contributed by atoms with Crippen LogP contribution in [0, 0.1) is 17.2 Å². The minimum absolute atomic E-state index is 0.730. The third-order valence-electron chi connectivity index (χ3n) is 2.34. The van der Waals surface area contributed by atoms with Crippen LogP contribution >= 0.6 is 0 Å². The van der Waals surface area contributed by atoms with Gasteiger partial charge >= 0.3 is 0 Å². The van der Waals surface area contributed by atoms with Crippen molar-refractivity contribution in [3.63, 3.8) is 0 Å². The molecule has 1 aliphatic rings. The minimum Gasteiger partial charge on any atom is -0.313 e. The fraction of sp³-hybridized carbons (Fsp3) is 0.700. The molecule has 0 amide bonds. The molecule has 1 nitrogen and oxygen atoms in total. The summed E-state index contributed by atoms with van der Waals surface area (Å²) in [6.45, 7) is 4.46. The van der Waals surface area contributed by atoms with E-state index in [2.05, 4.69) is 19.9 Å². The SMILES string of the molecule is CC1=CC(C)CC(CC=N)C1. The van der Waals surface area contributed by atoms with E-state index in [0.29, 0.717) is 0 Å². The lowest BCUT2D eigenvalue weighted by Crippen LogP contribution is -2.11. The fourth-order valence-corrected chi connectivity index (χ4v) is 2.03. The second-order valence-corrected chi connectivity index (χ2v) is 3.74. The number of allylic oxidation sites excluding steroid dienone is 2. The fourth-order valence-electron chi connectivity index (χ4n) is 2.03. The van der Waals surface area contributed by atoms with Crippen molar-refractivity contribution in [3.8, 4) is 0 Å². The van der Waals surface area contributed by atoms with Gasteiger partial charge in [0.1, 0.15) is 0 Å². The second kappa shape index (κ2) is 3.70. The molecular formula is C10H17N. The molecule has 0 saturated carbocycles. The molecule has 62 valence electrons. The van der Waals surface area contributed by atoms with Crippen LogP contribution in [0.5, 0.6) is 0 Å². The van der Waals surface area contributed by atoms with Crippen molar-refractivity contribution in [2.75, 3.05) is 0 Å². The number of nitrogens with one attached hydrogen (secondary N) is 1. The molecule has 1 rings (SSSR count). The van der Waals surface area contributed by atoms with Crippen LogP contribution in [0.4, 0.5) is 0 Å². The zero-order valence-corrected chi connectivity index (χ0v) is 7.43. The summed E-state index contributed by atoms with van der Waals surface area (Å²) in [5, 5.41) is 7.03. The lowest BCUT2D eigenvalue weighted by Gasteiger charge is -2.23. The van der Waals surface area contributed by atoms with Crippen molar-refractivity contribution < 1.29 is 0 Å². The van der Waals surface area contributed by atoms with Crippen molar-refractivity contribution in [2.24, 2.45) is 11.8 Å². The Morgan fingerprint density at radius 1 is 1.73 bits per heavy atom. The second-order valence-electron chi connectivity index (χ2n) is 3.74. The van der Waals surface area contributed by atoms with E-state index in [0.717, 1.165) is 18.3 Å². The molecule has 0 aromatic rings. The lowest BCUT2D eigenvalue weighted by molar-refractivity contribution is 0.417. The van der Waals surface area contributed by atoms with Crippen LogP contribution < -0.4 is 0 Å². The van der Waals surface area contributed by atoms with Gasteiger partial charge in [0, 0.05) is 0 Å². The highest BCUT2D eigenvalue weighted by Crippen LogP contribution is 2.29. The van der Waals surface area contributed by atoms with E-state index < -0.39 is 0 Å². The first-order valence-corrected chi connectivity index (χ1v) is 4.38. The van der Waals surface area contributed by atoms with Crippen molar-refractivity contribution in [2.45, 2.75) is 33.1 Å². The summed E-state index contributed by atoms with van der Waals surface area (Å²) in [4.78, 5) is 0. The Morgan fingerprint density at radius 2 is 2.45 bits per heavy atom. The Balaban J connectivity index is 2.49. The average Bonchev–Trinajstić information content (AvgIpc) is 1.85. The molecule has 2 atom stereocenters. The molecule has 0 saturated heterocycles. The molecule has 0 bridgehead atoms. The van der Waals surface area contributed by atoms with Gasteiger partial charge in [0.05, 0.1) is 0 Å². The standard InChI is InChI=1S/C10H17N/c1-8-5-9(2)7-10(6-8)3-4-11/h4-5,8,10-11H,3,6-7H2,1-2H3. The van der Waals surface area contributed by atoms with Gasteiger partial charge in [-0.2, -0.15) is 0 Å². The van der Waals surface area contributed by atoms with Gasteiger partial charge in [-0.15, -0.1) is 0 Å². The first-order chi connectivity index (χ1) is 5.22. The zero-order chi connectivity index (χ0) is 8.27. The molecule has 0 fully saturated rings. The smallest absolute Gasteiger partial charge is 0.00449 e. The van der Waals surface area contributed by atoms with Gasteiger partial charge in [0.2, 0.25) is 0 Å². The molecule has 0 spiro atoms. The zero-order valence-electron chi connectivity index (χ0n) is 7.43. The molecule has 0 radical (unpaired) electrons. The number of hydrogen-bond donors (Lipinski definition) is 1. The number of hydrogen-bond acceptors (Lipinski definition) is 1. The Morgan fingerprint density at radius 3 is 3.00 bits per heavy atom. The summed E-state index contributed by atoms with van der Waals surface area (Å²) in [5.41, 5.74) is 1.51. The maximum atomic E-state index is 7.03. The van der Waals surface area contributed by atoms with Crippen LogP contribution in [0.3, 0.4) is 0 Å². The van der Waals surface area contributed by atoms with Crippen LogP contribution in [0.1, 0.15) is 33.1 Å². The van der Waals surface area contributed by atoms with E-state index >= 15 is 0 Å². The van der Waals surface area contributed by atoms with Gasteiger partial charge in [0.25, 0.3) is 0 Å². The van der Waals surface area contributed by atoms with Crippen molar-refractivity contribution in [1.82, 2.24) is 0 Å². The molecular weight excluding hydrogens is 134 g/mol. The third kappa shape index (κ3) is 2.49. The summed E-state index contributed by atoms with van der Waals surface area (Å²) in [6.07, 6.45) is 7.36. The predicted octanol–water partition coefficient (Wildman–Crippen LogP) is 3.02. The Labute approximate surface area is 69.0 Å². The third-order valence-corrected chi connectivity index (χ3v) is 2.34. The van der Waals surface area contributed by atoms with Crippen molar-refractivity contribution >= 4 is 6.21 Å². The van der Waals surface area contributed by atoms with Crippen LogP contribution in [0.2, 0.25) is 0 Å². The highest BCUT2D eigenvalue weighted by atomic mass is 14.3. The molecule has 1 N–H and O–H groups in total. The Bertz CT molecular complexity index is 170. The van der Waals surface area contributed by atoms with Gasteiger partial charge < -0.3 is 5.41 Å².